The van der Waals surface area contributed by atoms with Crippen LogP contribution in [0.4, 0.5) is 10.1 Å². The summed E-state index contributed by atoms with van der Waals surface area (Å²) in [6.07, 6.45) is 3.00. The van der Waals surface area contributed by atoms with E-state index >= 15 is 0 Å². The molecule has 4 nitrogen and oxygen atoms in total. The molecule has 0 aliphatic carbocycles. The van der Waals surface area contributed by atoms with E-state index in [9.17, 15) is 9.18 Å². The van der Waals surface area contributed by atoms with Gasteiger partial charge in [0.05, 0.1) is 14.2 Å². The highest BCUT2D eigenvalue weighted by Gasteiger charge is 2.03. The lowest BCUT2D eigenvalue weighted by molar-refractivity contribution is -0.111. The van der Waals surface area contributed by atoms with Gasteiger partial charge in [-0.2, -0.15) is 0 Å². The number of carbonyl (C=O) groups is 1. The summed E-state index contributed by atoms with van der Waals surface area (Å²) in [7, 11) is 3.12. The van der Waals surface area contributed by atoms with E-state index in [0.717, 1.165) is 5.56 Å². The normalized spacial score (nSPS) is 10.5. The summed E-state index contributed by atoms with van der Waals surface area (Å²) in [5.74, 6) is 0.622. The maximum atomic E-state index is 12.8. The van der Waals surface area contributed by atoms with Gasteiger partial charge in [0.1, 0.15) is 17.3 Å². The van der Waals surface area contributed by atoms with Crippen LogP contribution in [0.1, 0.15) is 5.56 Å². The number of anilines is 1. The topological polar surface area (TPSA) is 47.6 Å². The molecule has 2 aromatic carbocycles. The Labute approximate surface area is 128 Å². The maximum Gasteiger partial charge on any atom is 0.248 e. The molecule has 0 atom stereocenters. The van der Waals surface area contributed by atoms with E-state index in [1.165, 1.54) is 30.3 Å². The van der Waals surface area contributed by atoms with Crippen molar-refractivity contribution < 1.29 is 18.7 Å². The Balaban J connectivity index is 2.10. The fourth-order valence-corrected chi connectivity index (χ4v) is 1.85. The van der Waals surface area contributed by atoms with Gasteiger partial charge in [-0.05, 0) is 48.5 Å². The SMILES string of the molecule is COc1ccc(OC)c(/C=C/C(=O)Nc2ccc(F)cc2)c1. The van der Waals surface area contributed by atoms with Gasteiger partial charge >= 0.3 is 0 Å². The Morgan fingerprint density at radius 2 is 1.82 bits per heavy atom. The predicted octanol–water partition coefficient (Wildman–Crippen LogP) is 3.49. The Hall–Kier alpha value is -2.82. The van der Waals surface area contributed by atoms with Crippen molar-refractivity contribution in [2.45, 2.75) is 0 Å². The minimum Gasteiger partial charge on any atom is -0.497 e. The van der Waals surface area contributed by atoms with E-state index in [-0.39, 0.29) is 11.7 Å². The molecule has 0 aliphatic heterocycles. The number of nitrogens with one attached hydrogen (secondary N) is 1. The number of benzene rings is 2. The number of rotatable bonds is 5. The molecule has 5 heteroatoms. The molecule has 114 valence electrons. The largest absolute Gasteiger partial charge is 0.497 e. The minimum absolute atomic E-state index is 0.323. The maximum absolute atomic E-state index is 12.8. The van der Waals surface area contributed by atoms with Crippen LogP contribution >= 0.6 is 0 Å². The zero-order valence-corrected chi connectivity index (χ0v) is 12.3. The van der Waals surface area contributed by atoms with Gasteiger partial charge in [-0.3, -0.25) is 4.79 Å². The summed E-state index contributed by atoms with van der Waals surface area (Å²) < 4.78 is 23.2. The average molecular weight is 301 g/mol. The van der Waals surface area contributed by atoms with Crippen LogP contribution < -0.4 is 14.8 Å². The summed E-state index contributed by atoms with van der Waals surface area (Å²) in [5.41, 5.74) is 1.24. The Kier molecular flexibility index (Phi) is 5.14. The Morgan fingerprint density at radius 3 is 2.45 bits per heavy atom. The second-order valence-corrected chi connectivity index (χ2v) is 4.44. The first-order chi connectivity index (χ1) is 10.6. The van der Waals surface area contributed by atoms with Crippen LogP contribution in [-0.2, 0) is 4.79 Å². The van der Waals surface area contributed by atoms with Crippen molar-refractivity contribution in [3.05, 3.63) is 59.9 Å². The molecule has 2 rings (SSSR count). The number of carbonyl (C=O) groups excluding carboxylic acids is 1. The third-order valence-corrected chi connectivity index (χ3v) is 2.96. The van der Waals surface area contributed by atoms with Crippen molar-refractivity contribution in [3.8, 4) is 11.5 Å². The first-order valence-corrected chi connectivity index (χ1v) is 6.59. The summed E-state index contributed by atoms with van der Waals surface area (Å²) in [6, 6.07) is 10.8. The number of ether oxygens (including phenoxy) is 2. The fraction of sp³-hybridized carbons (Fsp3) is 0.118. The second-order valence-electron chi connectivity index (χ2n) is 4.44. The van der Waals surface area contributed by atoms with Gasteiger partial charge in [0, 0.05) is 17.3 Å². The fourth-order valence-electron chi connectivity index (χ4n) is 1.85. The average Bonchev–Trinajstić information content (AvgIpc) is 2.54. The number of amides is 1. The van der Waals surface area contributed by atoms with Crippen LogP contribution in [0.2, 0.25) is 0 Å². The lowest BCUT2D eigenvalue weighted by atomic mass is 10.1. The molecule has 0 heterocycles. The highest BCUT2D eigenvalue weighted by Crippen LogP contribution is 2.25. The van der Waals surface area contributed by atoms with Gasteiger partial charge < -0.3 is 14.8 Å². The van der Waals surface area contributed by atoms with E-state index in [1.807, 2.05) is 0 Å². The molecule has 0 saturated heterocycles. The number of halogens is 1. The van der Waals surface area contributed by atoms with Gasteiger partial charge in [0.15, 0.2) is 0 Å². The molecule has 0 unspecified atom stereocenters. The molecular weight excluding hydrogens is 285 g/mol. The zero-order valence-electron chi connectivity index (χ0n) is 12.3. The van der Waals surface area contributed by atoms with Crippen molar-refractivity contribution >= 4 is 17.7 Å². The third kappa shape index (κ3) is 4.09. The molecule has 22 heavy (non-hydrogen) atoms. The van der Waals surface area contributed by atoms with Crippen molar-refractivity contribution in [3.63, 3.8) is 0 Å². The number of hydrogen-bond acceptors (Lipinski definition) is 3. The van der Waals surface area contributed by atoms with Crippen LogP contribution in [-0.4, -0.2) is 20.1 Å². The number of hydrogen-bond donors (Lipinski definition) is 1. The van der Waals surface area contributed by atoms with E-state index in [2.05, 4.69) is 5.32 Å². The van der Waals surface area contributed by atoms with Crippen molar-refractivity contribution in [2.75, 3.05) is 19.5 Å². The lowest BCUT2D eigenvalue weighted by Crippen LogP contribution is -2.07. The molecule has 0 bridgehead atoms. The Bertz CT molecular complexity index is 681. The quantitative estimate of drug-likeness (QED) is 0.860. The van der Waals surface area contributed by atoms with Crippen LogP contribution in [0.25, 0.3) is 6.08 Å². The smallest absolute Gasteiger partial charge is 0.248 e. The second kappa shape index (κ2) is 7.26. The lowest BCUT2D eigenvalue weighted by Gasteiger charge is -2.07. The monoisotopic (exact) mass is 301 g/mol. The summed E-state index contributed by atoms with van der Waals surface area (Å²) >= 11 is 0. The molecule has 0 aliphatic rings. The van der Waals surface area contributed by atoms with Crippen molar-refractivity contribution in [2.24, 2.45) is 0 Å². The first kappa shape index (κ1) is 15.6. The minimum atomic E-state index is -0.352. The van der Waals surface area contributed by atoms with Gasteiger partial charge in [-0.25, -0.2) is 4.39 Å². The van der Waals surface area contributed by atoms with Crippen LogP contribution in [0.5, 0.6) is 11.5 Å². The molecule has 0 aromatic heterocycles. The van der Waals surface area contributed by atoms with Crippen molar-refractivity contribution in [1.82, 2.24) is 0 Å². The summed E-state index contributed by atoms with van der Waals surface area (Å²) in [6.45, 7) is 0. The predicted molar refractivity (Wildman–Crippen MR) is 83.6 cm³/mol. The van der Waals surface area contributed by atoms with Gasteiger partial charge in [0.2, 0.25) is 5.91 Å². The summed E-state index contributed by atoms with van der Waals surface area (Å²) in [5, 5.41) is 2.64. The van der Waals surface area contributed by atoms with E-state index in [4.69, 9.17) is 9.47 Å². The standard InChI is InChI=1S/C17H16FNO3/c1-21-15-8-9-16(22-2)12(11-15)3-10-17(20)19-14-6-4-13(18)5-7-14/h3-11H,1-2H3,(H,19,20)/b10-3+. The van der Waals surface area contributed by atoms with Crippen LogP contribution in [0.15, 0.2) is 48.5 Å². The molecule has 1 amide bonds. The third-order valence-electron chi connectivity index (χ3n) is 2.96. The highest BCUT2D eigenvalue weighted by atomic mass is 19.1. The molecule has 2 aromatic rings. The zero-order chi connectivity index (χ0) is 15.9. The van der Waals surface area contributed by atoms with E-state index in [1.54, 1.807) is 38.5 Å². The molecular formula is C17H16FNO3. The van der Waals surface area contributed by atoms with Gasteiger partial charge in [-0.15, -0.1) is 0 Å². The van der Waals surface area contributed by atoms with Crippen LogP contribution in [0.3, 0.4) is 0 Å². The highest BCUT2D eigenvalue weighted by molar-refractivity contribution is 6.02. The molecule has 0 fully saturated rings. The van der Waals surface area contributed by atoms with Gasteiger partial charge in [0.25, 0.3) is 0 Å². The van der Waals surface area contributed by atoms with E-state index < -0.39 is 0 Å². The molecule has 0 spiro atoms. The number of methoxy groups -OCH3 is 2. The van der Waals surface area contributed by atoms with E-state index in [0.29, 0.717) is 17.2 Å². The summed E-state index contributed by atoms with van der Waals surface area (Å²) in [4.78, 5) is 11.9. The van der Waals surface area contributed by atoms with Crippen LogP contribution in [0, 0.1) is 5.82 Å². The Morgan fingerprint density at radius 1 is 1.09 bits per heavy atom. The molecule has 1 N–H and O–H groups in total. The van der Waals surface area contributed by atoms with Crippen molar-refractivity contribution in [1.29, 1.82) is 0 Å². The first-order valence-electron chi connectivity index (χ1n) is 6.59. The van der Waals surface area contributed by atoms with Gasteiger partial charge in [-0.1, -0.05) is 0 Å². The molecule has 0 saturated carbocycles. The molecule has 0 radical (unpaired) electrons.